The van der Waals surface area contributed by atoms with Gasteiger partial charge < -0.3 is 10.4 Å². The van der Waals surface area contributed by atoms with Crippen molar-refractivity contribution in [2.75, 3.05) is 5.32 Å². The van der Waals surface area contributed by atoms with Crippen molar-refractivity contribution in [2.45, 2.75) is 5.92 Å². The summed E-state index contributed by atoms with van der Waals surface area (Å²) in [5, 5.41) is 22.5. The van der Waals surface area contributed by atoms with Gasteiger partial charge in [-0.1, -0.05) is 42.5 Å². The number of hydrogen-bond acceptors (Lipinski definition) is 3. The van der Waals surface area contributed by atoms with Gasteiger partial charge in [-0.2, -0.15) is 5.26 Å². The first kappa shape index (κ1) is 19.6. The van der Waals surface area contributed by atoms with Crippen LogP contribution >= 0.6 is 45.2 Å². The predicted molar refractivity (Wildman–Crippen MR) is 122 cm³/mol. The molecule has 27 heavy (non-hydrogen) atoms. The Labute approximate surface area is 184 Å². The molecule has 3 rings (SSSR count). The Hall–Kier alpha value is -2.12. The van der Waals surface area contributed by atoms with E-state index in [9.17, 15) is 15.2 Å². The molecule has 0 aliphatic heterocycles. The SMILES string of the molecule is N#CC(c1ccccc1)c1ccc(NC(=O)c2cc(I)cc(I)c2O)cc1. The second kappa shape index (κ2) is 8.71. The highest BCUT2D eigenvalue weighted by Crippen LogP contribution is 2.28. The Morgan fingerprint density at radius 1 is 1.00 bits per heavy atom. The molecular weight excluding hydrogens is 566 g/mol. The van der Waals surface area contributed by atoms with Crippen molar-refractivity contribution in [1.29, 1.82) is 5.26 Å². The summed E-state index contributed by atoms with van der Waals surface area (Å²) >= 11 is 4.10. The Balaban J connectivity index is 1.80. The van der Waals surface area contributed by atoms with Crippen molar-refractivity contribution in [3.63, 3.8) is 0 Å². The van der Waals surface area contributed by atoms with E-state index in [2.05, 4.69) is 34.0 Å². The minimum absolute atomic E-state index is 0.0289. The van der Waals surface area contributed by atoms with Crippen LogP contribution in [0.3, 0.4) is 0 Å². The van der Waals surface area contributed by atoms with E-state index in [1.165, 1.54) is 0 Å². The van der Waals surface area contributed by atoms with Gasteiger partial charge in [-0.3, -0.25) is 4.79 Å². The molecule has 3 aromatic carbocycles. The van der Waals surface area contributed by atoms with E-state index >= 15 is 0 Å². The fraction of sp³-hybridized carbons (Fsp3) is 0.0476. The summed E-state index contributed by atoms with van der Waals surface area (Å²) in [7, 11) is 0. The van der Waals surface area contributed by atoms with Crippen LogP contribution in [-0.4, -0.2) is 11.0 Å². The summed E-state index contributed by atoms with van der Waals surface area (Å²) in [5.41, 5.74) is 2.61. The molecule has 0 spiro atoms. The predicted octanol–water partition coefficient (Wildman–Crippen LogP) is 5.51. The van der Waals surface area contributed by atoms with Gasteiger partial charge in [0.05, 0.1) is 21.1 Å². The van der Waals surface area contributed by atoms with Crippen LogP contribution in [0.1, 0.15) is 27.4 Å². The van der Waals surface area contributed by atoms with E-state index in [-0.39, 0.29) is 23.1 Å². The number of anilines is 1. The molecule has 6 heteroatoms. The number of phenols is 1. The highest BCUT2D eigenvalue weighted by Gasteiger charge is 2.16. The van der Waals surface area contributed by atoms with Gasteiger partial charge in [-0.25, -0.2) is 0 Å². The summed E-state index contributed by atoms with van der Waals surface area (Å²) < 4.78 is 1.50. The maximum atomic E-state index is 12.5. The van der Waals surface area contributed by atoms with Crippen LogP contribution in [0.25, 0.3) is 0 Å². The van der Waals surface area contributed by atoms with Crippen LogP contribution in [0.2, 0.25) is 0 Å². The van der Waals surface area contributed by atoms with Crippen molar-refractivity contribution >= 4 is 56.8 Å². The molecular formula is C21H14I2N2O2. The largest absolute Gasteiger partial charge is 0.506 e. The van der Waals surface area contributed by atoms with Crippen LogP contribution in [0.15, 0.2) is 66.7 Å². The number of rotatable bonds is 4. The molecule has 0 bridgehead atoms. The first-order valence-corrected chi connectivity index (χ1v) is 10.2. The molecule has 1 unspecified atom stereocenters. The molecule has 0 aromatic heterocycles. The van der Waals surface area contributed by atoms with Crippen LogP contribution in [0, 0.1) is 18.5 Å². The van der Waals surface area contributed by atoms with Gasteiger partial charge in [0.2, 0.25) is 0 Å². The highest BCUT2D eigenvalue weighted by atomic mass is 127. The summed E-state index contributed by atoms with van der Waals surface area (Å²) in [6.45, 7) is 0. The quantitative estimate of drug-likeness (QED) is 0.400. The van der Waals surface area contributed by atoms with E-state index in [1.54, 1.807) is 24.3 Å². The number of nitriles is 1. The van der Waals surface area contributed by atoms with Gasteiger partial charge in [0, 0.05) is 9.26 Å². The van der Waals surface area contributed by atoms with Crippen molar-refractivity contribution in [1.82, 2.24) is 0 Å². The molecule has 0 fully saturated rings. The van der Waals surface area contributed by atoms with E-state index in [0.29, 0.717) is 9.26 Å². The van der Waals surface area contributed by atoms with E-state index in [4.69, 9.17) is 0 Å². The van der Waals surface area contributed by atoms with Gasteiger partial charge in [0.1, 0.15) is 5.75 Å². The van der Waals surface area contributed by atoms with E-state index in [0.717, 1.165) is 14.7 Å². The normalized spacial score (nSPS) is 11.4. The monoisotopic (exact) mass is 580 g/mol. The molecule has 0 heterocycles. The first-order chi connectivity index (χ1) is 13.0. The van der Waals surface area contributed by atoms with Gasteiger partial charge in [-0.05, 0) is 80.6 Å². The van der Waals surface area contributed by atoms with Crippen LogP contribution in [0.4, 0.5) is 5.69 Å². The molecule has 3 aromatic rings. The zero-order valence-electron chi connectivity index (χ0n) is 14.0. The number of amides is 1. The number of carbonyl (C=O) groups is 1. The fourth-order valence-electron chi connectivity index (χ4n) is 2.68. The zero-order chi connectivity index (χ0) is 19.4. The van der Waals surface area contributed by atoms with Crippen LogP contribution in [0.5, 0.6) is 5.75 Å². The van der Waals surface area contributed by atoms with Crippen molar-refractivity contribution in [3.8, 4) is 11.8 Å². The molecule has 134 valence electrons. The number of nitrogens with one attached hydrogen (secondary N) is 1. The molecule has 4 nitrogen and oxygen atoms in total. The molecule has 1 amide bonds. The Morgan fingerprint density at radius 2 is 1.63 bits per heavy atom. The maximum absolute atomic E-state index is 12.5. The maximum Gasteiger partial charge on any atom is 0.259 e. The lowest BCUT2D eigenvalue weighted by atomic mass is 9.92. The van der Waals surface area contributed by atoms with Gasteiger partial charge in [0.15, 0.2) is 0 Å². The summed E-state index contributed by atoms with van der Waals surface area (Å²) in [4.78, 5) is 12.5. The second-order valence-corrected chi connectivity index (χ2v) is 8.24. The number of hydrogen-bond donors (Lipinski definition) is 2. The average Bonchev–Trinajstić information content (AvgIpc) is 2.67. The molecule has 0 radical (unpaired) electrons. The minimum Gasteiger partial charge on any atom is -0.506 e. The highest BCUT2D eigenvalue weighted by molar-refractivity contribution is 14.1. The number of carbonyl (C=O) groups excluding carboxylic acids is 1. The van der Waals surface area contributed by atoms with Gasteiger partial charge in [-0.15, -0.1) is 0 Å². The van der Waals surface area contributed by atoms with Gasteiger partial charge in [0.25, 0.3) is 5.91 Å². The minimum atomic E-state index is -0.378. The lowest BCUT2D eigenvalue weighted by Crippen LogP contribution is -2.13. The smallest absolute Gasteiger partial charge is 0.259 e. The Bertz CT molecular complexity index is 1010. The molecule has 2 N–H and O–H groups in total. The lowest BCUT2D eigenvalue weighted by Gasteiger charge is -2.12. The third-order valence-electron chi connectivity index (χ3n) is 4.04. The zero-order valence-corrected chi connectivity index (χ0v) is 18.3. The third-order valence-corrected chi connectivity index (χ3v) is 5.48. The summed E-state index contributed by atoms with van der Waals surface area (Å²) in [6, 6.07) is 22.5. The number of phenolic OH excluding ortho intramolecular Hbond substituents is 1. The number of benzene rings is 3. The summed E-state index contributed by atoms with van der Waals surface area (Å²) in [6.07, 6.45) is 0. The number of nitrogens with zero attached hydrogens (tertiary/aromatic N) is 1. The van der Waals surface area contributed by atoms with Crippen molar-refractivity contribution < 1.29 is 9.90 Å². The van der Waals surface area contributed by atoms with Crippen molar-refractivity contribution in [2.24, 2.45) is 0 Å². The van der Waals surface area contributed by atoms with Crippen LogP contribution in [-0.2, 0) is 0 Å². The number of halogens is 2. The van der Waals surface area contributed by atoms with Crippen LogP contribution < -0.4 is 5.32 Å². The van der Waals surface area contributed by atoms with E-state index in [1.807, 2.05) is 65.1 Å². The molecule has 0 aliphatic rings. The summed E-state index contributed by atoms with van der Waals surface area (Å²) in [5.74, 6) is -0.771. The fourth-order valence-corrected chi connectivity index (χ4v) is 4.53. The average molecular weight is 580 g/mol. The topological polar surface area (TPSA) is 73.1 Å². The Kier molecular flexibility index (Phi) is 6.34. The Morgan fingerprint density at radius 3 is 2.26 bits per heavy atom. The van der Waals surface area contributed by atoms with Crippen molar-refractivity contribution in [3.05, 3.63) is 90.6 Å². The molecule has 0 saturated carbocycles. The molecule has 1 atom stereocenters. The molecule has 0 saturated heterocycles. The third kappa shape index (κ3) is 4.59. The van der Waals surface area contributed by atoms with Gasteiger partial charge >= 0.3 is 0 Å². The standard InChI is InChI=1S/C21H14I2N2O2/c22-15-10-17(20(26)19(23)11-15)21(27)25-16-8-6-14(7-9-16)18(12-24)13-4-2-1-3-5-13/h1-11,18,26H,(H,25,27). The molecule has 0 aliphatic carbocycles. The first-order valence-electron chi connectivity index (χ1n) is 8.03. The second-order valence-electron chi connectivity index (χ2n) is 5.83. The van der Waals surface area contributed by atoms with E-state index < -0.39 is 0 Å². The number of aromatic hydroxyl groups is 1. The lowest BCUT2D eigenvalue weighted by molar-refractivity contribution is 0.102.